The fraction of sp³-hybridized carbons (Fsp3) is 0.0500. The number of hydrogen-bond acceptors (Lipinski definition) is 5. The minimum Gasteiger partial charge on any atom is -0.507 e. The van der Waals surface area contributed by atoms with Crippen molar-refractivity contribution in [2.45, 2.75) is 6.92 Å². The highest BCUT2D eigenvalue weighted by molar-refractivity contribution is 9.10. The van der Waals surface area contributed by atoms with Crippen LogP contribution >= 0.6 is 27.3 Å². The van der Waals surface area contributed by atoms with Gasteiger partial charge in [0.05, 0.1) is 22.5 Å². The van der Waals surface area contributed by atoms with Crippen molar-refractivity contribution in [3.8, 4) is 11.4 Å². The standard InChI is InChI=1S/C20H15BrN4O2S/c1-12-16-10-18(28-20(16)25(24-12)15-5-3-2-4-6-15)19(27)23-22-11-13-9-14(21)7-8-17(13)26/h2-11,26H,1H3,(H,23,27). The summed E-state index contributed by atoms with van der Waals surface area (Å²) in [6.45, 7) is 1.92. The maximum absolute atomic E-state index is 12.5. The van der Waals surface area contributed by atoms with E-state index in [0.717, 1.165) is 26.1 Å². The van der Waals surface area contributed by atoms with Gasteiger partial charge in [0.25, 0.3) is 5.91 Å². The Balaban J connectivity index is 1.58. The molecule has 0 saturated carbocycles. The predicted molar refractivity (Wildman–Crippen MR) is 115 cm³/mol. The second kappa shape index (κ2) is 7.57. The molecule has 0 unspecified atom stereocenters. The number of aryl methyl sites for hydroxylation is 1. The van der Waals surface area contributed by atoms with Crippen LogP contribution in [0.5, 0.6) is 5.75 Å². The molecule has 0 fully saturated rings. The van der Waals surface area contributed by atoms with Gasteiger partial charge in [-0.2, -0.15) is 10.2 Å². The van der Waals surface area contributed by atoms with E-state index < -0.39 is 0 Å². The molecule has 0 saturated heterocycles. The number of phenols is 1. The summed E-state index contributed by atoms with van der Waals surface area (Å²) in [5.41, 5.74) is 4.81. The number of aromatic nitrogens is 2. The Labute approximate surface area is 173 Å². The number of para-hydroxylation sites is 1. The number of thiophene rings is 1. The van der Waals surface area contributed by atoms with Crippen molar-refractivity contribution in [1.82, 2.24) is 15.2 Å². The molecule has 0 spiro atoms. The first kappa shape index (κ1) is 18.4. The van der Waals surface area contributed by atoms with E-state index in [4.69, 9.17) is 0 Å². The van der Waals surface area contributed by atoms with E-state index in [0.29, 0.717) is 10.4 Å². The van der Waals surface area contributed by atoms with Gasteiger partial charge < -0.3 is 5.11 Å². The third kappa shape index (κ3) is 3.56. The fourth-order valence-corrected chi connectivity index (χ4v) is 4.20. The van der Waals surface area contributed by atoms with Crippen LogP contribution in [0.3, 0.4) is 0 Å². The monoisotopic (exact) mass is 454 g/mol. The zero-order valence-electron chi connectivity index (χ0n) is 14.8. The SMILES string of the molecule is Cc1nn(-c2ccccc2)c2sc(C(=O)NN=Cc3cc(Br)ccc3O)cc12. The number of rotatable bonds is 4. The van der Waals surface area contributed by atoms with Crippen molar-refractivity contribution in [3.05, 3.63) is 75.2 Å². The molecule has 1 amide bonds. The molecule has 0 aliphatic rings. The van der Waals surface area contributed by atoms with Crippen molar-refractivity contribution in [2.75, 3.05) is 0 Å². The van der Waals surface area contributed by atoms with Crippen LogP contribution in [-0.2, 0) is 0 Å². The van der Waals surface area contributed by atoms with Crippen LogP contribution in [0.15, 0.2) is 64.2 Å². The van der Waals surface area contributed by atoms with E-state index in [2.05, 4.69) is 31.6 Å². The third-order valence-corrected chi connectivity index (χ3v) is 5.73. The highest BCUT2D eigenvalue weighted by Crippen LogP contribution is 2.30. The Morgan fingerprint density at radius 2 is 2.04 bits per heavy atom. The zero-order chi connectivity index (χ0) is 19.7. The lowest BCUT2D eigenvalue weighted by molar-refractivity contribution is 0.0959. The first-order valence-corrected chi connectivity index (χ1v) is 10.0. The number of hydrazone groups is 1. The van der Waals surface area contributed by atoms with E-state index in [-0.39, 0.29) is 11.7 Å². The Kier molecular flexibility index (Phi) is 4.97. The molecule has 2 N–H and O–H groups in total. The highest BCUT2D eigenvalue weighted by Gasteiger charge is 2.16. The topological polar surface area (TPSA) is 79.5 Å². The Hall–Kier alpha value is -2.97. The number of nitrogens with one attached hydrogen (secondary N) is 1. The average molecular weight is 455 g/mol. The number of benzene rings is 2. The van der Waals surface area contributed by atoms with Crippen LogP contribution in [0.1, 0.15) is 20.9 Å². The first-order chi connectivity index (χ1) is 13.5. The molecule has 28 heavy (non-hydrogen) atoms. The van der Waals surface area contributed by atoms with Crippen LogP contribution in [-0.4, -0.2) is 27.0 Å². The van der Waals surface area contributed by atoms with E-state index in [1.165, 1.54) is 17.6 Å². The number of fused-ring (bicyclic) bond motifs is 1. The van der Waals surface area contributed by atoms with Crippen LogP contribution in [0.2, 0.25) is 0 Å². The molecule has 0 atom stereocenters. The molecule has 2 aromatic heterocycles. The number of carbonyl (C=O) groups excluding carboxylic acids is 1. The molecular formula is C20H15BrN4O2S. The summed E-state index contributed by atoms with van der Waals surface area (Å²) in [6, 6.07) is 16.6. The Morgan fingerprint density at radius 3 is 2.82 bits per heavy atom. The number of amides is 1. The molecule has 0 radical (unpaired) electrons. The smallest absolute Gasteiger partial charge is 0.281 e. The van der Waals surface area contributed by atoms with Gasteiger partial charge in [0.2, 0.25) is 0 Å². The molecule has 2 aromatic carbocycles. The van der Waals surface area contributed by atoms with Gasteiger partial charge in [0.1, 0.15) is 10.6 Å². The molecule has 4 aromatic rings. The number of aromatic hydroxyl groups is 1. The number of phenolic OH excluding ortho intramolecular Hbond substituents is 1. The van der Waals surface area contributed by atoms with Crippen LogP contribution in [0, 0.1) is 6.92 Å². The summed E-state index contributed by atoms with van der Waals surface area (Å²) in [4.78, 5) is 13.9. The largest absolute Gasteiger partial charge is 0.507 e. The van der Waals surface area contributed by atoms with Crippen LogP contribution < -0.4 is 5.43 Å². The summed E-state index contributed by atoms with van der Waals surface area (Å²) in [5.74, 6) is -0.229. The van der Waals surface area contributed by atoms with Crippen molar-refractivity contribution in [1.29, 1.82) is 0 Å². The van der Waals surface area contributed by atoms with Gasteiger partial charge in [-0.3, -0.25) is 4.79 Å². The first-order valence-electron chi connectivity index (χ1n) is 8.39. The number of nitrogens with zero attached hydrogens (tertiary/aromatic N) is 3. The summed E-state index contributed by atoms with van der Waals surface area (Å²) < 4.78 is 2.65. The second-order valence-electron chi connectivity index (χ2n) is 6.06. The van der Waals surface area contributed by atoms with Crippen molar-refractivity contribution < 1.29 is 9.90 Å². The third-order valence-electron chi connectivity index (χ3n) is 4.13. The molecule has 6 nitrogen and oxygen atoms in total. The summed E-state index contributed by atoms with van der Waals surface area (Å²) >= 11 is 4.69. The maximum atomic E-state index is 12.5. The van der Waals surface area contributed by atoms with Gasteiger partial charge in [-0.05, 0) is 43.3 Å². The van der Waals surface area contributed by atoms with Gasteiger partial charge in [0, 0.05) is 15.4 Å². The molecule has 0 aliphatic carbocycles. The van der Waals surface area contributed by atoms with Crippen molar-refractivity contribution >= 4 is 49.6 Å². The van der Waals surface area contributed by atoms with Gasteiger partial charge in [-0.15, -0.1) is 11.3 Å². The molecule has 0 aliphatic heterocycles. The minimum atomic E-state index is -0.314. The average Bonchev–Trinajstić information content (AvgIpc) is 3.26. The lowest BCUT2D eigenvalue weighted by Gasteiger charge is -2.01. The quantitative estimate of drug-likeness (QED) is 0.348. The number of carbonyl (C=O) groups is 1. The Bertz CT molecular complexity index is 1200. The number of halogens is 1. The molecule has 2 heterocycles. The van der Waals surface area contributed by atoms with Gasteiger partial charge in [0.15, 0.2) is 0 Å². The zero-order valence-corrected chi connectivity index (χ0v) is 17.2. The lowest BCUT2D eigenvalue weighted by Crippen LogP contribution is -2.16. The predicted octanol–water partition coefficient (Wildman–Crippen LogP) is 4.63. The van der Waals surface area contributed by atoms with E-state index in [9.17, 15) is 9.90 Å². The minimum absolute atomic E-state index is 0.0849. The number of hydrogen-bond donors (Lipinski definition) is 2. The van der Waals surface area contributed by atoms with Crippen molar-refractivity contribution in [3.63, 3.8) is 0 Å². The van der Waals surface area contributed by atoms with Crippen LogP contribution in [0.25, 0.3) is 15.9 Å². The highest BCUT2D eigenvalue weighted by atomic mass is 79.9. The van der Waals surface area contributed by atoms with Gasteiger partial charge >= 0.3 is 0 Å². The Morgan fingerprint density at radius 1 is 1.25 bits per heavy atom. The van der Waals surface area contributed by atoms with E-state index >= 15 is 0 Å². The van der Waals surface area contributed by atoms with Gasteiger partial charge in [-0.1, -0.05) is 34.1 Å². The van der Waals surface area contributed by atoms with Crippen molar-refractivity contribution in [2.24, 2.45) is 5.10 Å². The molecule has 140 valence electrons. The lowest BCUT2D eigenvalue weighted by atomic mass is 10.2. The maximum Gasteiger partial charge on any atom is 0.281 e. The normalized spacial score (nSPS) is 11.4. The van der Waals surface area contributed by atoms with E-state index in [1.54, 1.807) is 18.2 Å². The van der Waals surface area contributed by atoms with Gasteiger partial charge in [-0.25, -0.2) is 10.1 Å². The molecule has 0 bridgehead atoms. The van der Waals surface area contributed by atoms with Crippen LogP contribution in [0.4, 0.5) is 0 Å². The molecule has 4 rings (SSSR count). The fourth-order valence-electron chi connectivity index (χ4n) is 2.75. The summed E-state index contributed by atoms with van der Waals surface area (Å²) in [5, 5.41) is 19.3. The second-order valence-corrected chi connectivity index (χ2v) is 8.01. The molecule has 8 heteroatoms. The summed E-state index contributed by atoms with van der Waals surface area (Å²) in [7, 11) is 0. The molecular weight excluding hydrogens is 440 g/mol. The van der Waals surface area contributed by atoms with E-state index in [1.807, 2.05) is 48.0 Å². The summed E-state index contributed by atoms with van der Waals surface area (Å²) in [6.07, 6.45) is 1.41.